The van der Waals surface area contributed by atoms with Crippen molar-refractivity contribution in [3.63, 3.8) is 0 Å². The fourth-order valence-corrected chi connectivity index (χ4v) is 2.14. The SMILES string of the molecule is COC(=O)c1nn(C)c(N)c1-c1ccc(C)cc1C. The van der Waals surface area contributed by atoms with E-state index in [0.29, 0.717) is 11.4 Å². The van der Waals surface area contributed by atoms with Gasteiger partial charge in [-0.1, -0.05) is 23.8 Å². The standard InChI is InChI=1S/C14H17N3O2/c1-8-5-6-10(9(2)7-8)11-12(14(18)19-4)16-17(3)13(11)15/h5-7H,15H2,1-4H3. The molecule has 5 nitrogen and oxygen atoms in total. The maximum absolute atomic E-state index is 11.8. The zero-order chi connectivity index (χ0) is 14.2. The molecular weight excluding hydrogens is 242 g/mol. The number of hydrogen-bond donors (Lipinski definition) is 1. The van der Waals surface area contributed by atoms with Gasteiger partial charge in [-0.2, -0.15) is 5.10 Å². The summed E-state index contributed by atoms with van der Waals surface area (Å²) >= 11 is 0. The fraction of sp³-hybridized carbons (Fsp3) is 0.286. The summed E-state index contributed by atoms with van der Waals surface area (Å²) in [7, 11) is 3.04. The number of ether oxygens (including phenoxy) is 1. The predicted octanol–water partition coefficient (Wildman–Crippen LogP) is 2.07. The van der Waals surface area contributed by atoms with Crippen LogP contribution in [0.2, 0.25) is 0 Å². The van der Waals surface area contributed by atoms with Crippen LogP contribution < -0.4 is 5.73 Å². The average molecular weight is 259 g/mol. The zero-order valence-corrected chi connectivity index (χ0v) is 11.5. The maximum atomic E-state index is 11.8. The van der Waals surface area contributed by atoms with Crippen molar-refractivity contribution >= 4 is 11.8 Å². The van der Waals surface area contributed by atoms with Crippen LogP contribution in [-0.4, -0.2) is 22.9 Å². The van der Waals surface area contributed by atoms with Gasteiger partial charge in [-0.3, -0.25) is 4.68 Å². The molecule has 0 aliphatic rings. The number of nitrogen functional groups attached to an aromatic ring is 1. The van der Waals surface area contributed by atoms with E-state index >= 15 is 0 Å². The molecule has 1 aromatic heterocycles. The molecule has 2 aromatic rings. The van der Waals surface area contributed by atoms with Gasteiger partial charge in [0.05, 0.1) is 12.7 Å². The Labute approximate surface area is 112 Å². The third-order valence-electron chi connectivity index (χ3n) is 3.12. The van der Waals surface area contributed by atoms with Crippen LogP contribution in [0.1, 0.15) is 21.6 Å². The molecule has 19 heavy (non-hydrogen) atoms. The minimum atomic E-state index is -0.484. The molecule has 100 valence electrons. The summed E-state index contributed by atoms with van der Waals surface area (Å²) in [6.07, 6.45) is 0. The summed E-state index contributed by atoms with van der Waals surface area (Å²) in [6.45, 7) is 4.00. The van der Waals surface area contributed by atoms with Crippen molar-refractivity contribution < 1.29 is 9.53 Å². The molecule has 2 rings (SSSR count). The molecule has 0 saturated heterocycles. The second kappa shape index (κ2) is 4.76. The number of aryl methyl sites for hydroxylation is 3. The van der Waals surface area contributed by atoms with Gasteiger partial charge < -0.3 is 10.5 Å². The van der Waals surface area contributed by atoms with E-state index in [-0.39, 0.29) is 5.69 Å². The van der Waals surface area contributed by atoms with E-state index < -0.39 is 5.97 Å². The summed E-state index contributed by atoms with van der Waals surface area (Å²) in [5, 5.41) is 4.14. The van der Waals surface area contributed by atoms with Crippen LogP contribution in [0.15, 0.2) is 18.2 Å². The van der Waals surface area contributed by atoms with E-state index in [9.17, 15) is 4.79 Å². The number of carbonyl (C=O) groups is 1. The van der Waals surface area contributed by atoms with E-state index in [2.05, 4.69) is 5.10 Å². The van der Waals surface area contributed by atoms with E-state index in [4.69, 9.17) is 10.5 Å². The number of methoxy groups -OCH3 is 1. The Kier molecular flexibility index (Phi) is 3.29. The lowest BCUT2D eigenvalue weighted by molar-refractivity contribution is 0.0594. The fourth-order valence-electron chi connectivity index (χ4n) is 2.14. The van der Waals surface area contributed by atoms with E-state index in [1.807, 2.05) is 32.0 Å². The zero-order valence-electron chi connectivity index (χ0n) is 11.5. The first-order valence-corrected chi connectivity index (χ1v) is 5.94. The molecule has 1 heterocycles. The summed E-state index contributed by atoms with van der Waals surface area (Å²) in [4.78, 5) is 11.8. The number of esters is 1. The van der Waals surface area contributed by atoms with Crippen LogP contribution in [0.4, 0.5) is 5.82 Å². The van der Waals surface area contributed by atoms with Crippen molar-refractivity contribution in [3.05, 3.63) is 35.0 Å². The Morgan fingerprint density at radius 3 is 2.63 bits per heavy atom. The minimum Gasteiger partial charge on any atom is -0.464 e. The molecule has 0 aliphatic heterocycles. The van der Waals surface area contributed by atoms with Crippen molar-refractivity contribution in [3.8, 4) is 11.1 Å². The molecule has 0 atom stereocenters. The Balaban J connectivity index is 2.70. The molecular formula is C14H17N3O2. The predicted molar refractivity (Wildman–Crippen MR) is 73.9 cm³/mol. The normalized spacial score (nSPS) is 10.5. The first-order valence-electron chi connectivity index (χ1n) is 5.94. The number of nitrogens with zero attached hydrogens (tertiary/aromatic N) is 2. The first kappa shape index (κ1) is 13.1. The highest BCUT2D eigenvalue weighted by molar-refractivity contribution is 5.99. The van der Waals surface area contributed by atoms with Gasteiger partial charge >= 0.3 is 5.97 Å². The molecule has 0 saturated carbocycles. The largest absolute Gasteiger partial charge is 0.464 e. The summed E-state index contributed by atoms with van der Waals surface area (Å²) in [6, 6.07) is 5.98. The van der Waals surface area contributed by atoms with Crippen LogP contribution in [0.25, 0.3) is 11.1 Å². The monoisotopic (exact) mass is 259 g/mol. The number of hydrogen-bond acceptors (Lipinski definition) is 4. The van der Waals surface area contributed by atoms with Crippen molar-refractivity contribution in [2.24, 2.45) is 7.05 Å². The Bertz CT molecular complexity index is 644. The Morgan fingerprint density at radius 2 is 2.05 bits per heavy atom. The first-order chi connectivity index (χ1) is 8.95. The highest BCUT2D eigenvalue weighted by Crippen LogP contribution is 2.32. The molecule has 0 aliphatic carbocycles. The Morgan fingerprint density at radius 1 is 1.37 bits per heavy atom. The molecule has 2 N–H and O–H groups in total. The average Bonchev–Trinajstić information content (AvgIpc) is 2.66. The van der Waals surface area contributed by atoms with E-state index in [0.717, 1.165) is 16.7 Å². The number of carbonyl (C=O) groups excluding carboxylic acids is 1. The molecule has 0 unspecified atom stereocenters. The van der Waals surface area contributed by atoms with Gasteiger partial charge in [0.15, 0.2) is 5.69 Å². The number of rotatable bonds is 2. The van der Waals surface area contributed by atoms with Gasteiger partial charge in [0, 0.05) is 7.05 Å². The second-order valence-corrected chi connectivity index (χ2v) is 4.54. The molecule has 0 bridgehead atoms. The Hall–Kier alpha value is -2.30. The van der Waals surface area contributed by atoms with Crippen molar-refractivity contribution in [2.45, 2.75) is 13.8 Å². The number of aromatic nitrogens is 2. The van der Waals surface area contributed by atoms with E-state index in [1.54, 1.807) is 7.05 Å². The topological polar surface area (TPSA) is 70.1 Å². The molecule has 0 spiro atoms. The highest BCUT2D eigenvalue weighted by Gasteiger charge is 2.23. The third kappa shape index (κ3) is 2.19. The van der Waals surface area contributed by atoms with Crippen molar-refractivity contribution in [2.75, 3.05) is 12.8 Å². The number of anilines is 1. The molecule has 0 radical (unpaired) electrons. The van der Waals surface area contributed by atoms with Crippen LogP contribution in [0.3, 0.4) is 0 Å². The molecule has 5 heteroatoms. The smallest absolute Gasteiger partial charge is 0.359 e. The van der Waals surface area contributed by atoms with Crippen LogP contribution >= 0.6 is 0 Å². The van der Waals surface area contributed by atoms with Crippen molar-refractivity contribution in [1.82, 2.24) is 9.78 Å². The summed E-state index contributed by atoms with van der Waals surface area (Å²) in [5.74, 6) is -0.0328. The van der Waals surface area contributed by atoms with Gasteiger partial charge in [0.1, 0.15) is 5.82 Å². The maximum Gasteiger partial charge on any atom is 0.359 e. The summed E-state index contributed by atoms with van der Waals surface area (Å²) in [5.41, 5.74) is 10.0. The molecule has 0 fully saturated rings. The van der Waals surface area contributed by atoms with Gasteiger partial charge in [-0.05, 0) is 25.0 Å². The van der Waals surface area contributed by atoms with Crippen LogP contribution in [0.5, 0.6) is 0 Å². The summed E-state index contributed by atoms with van der Waals surface area (Å²) < 4.78 is 6.25. The quantitative estimate of drug-likeness (QED) is 0.838. The van der Waals surface area contributed by atoms with Gasteiger partial charge in [-0.15, -0.1) is 0 Å². The number of benzene rings is 1. The highest BCUT2D eigenvalue weighted by atomic mass is 16.5. The minimum absolute atomic E-state index is 0.245. The van der Waals surface area contributed by atoms with Crippen LogP contribution in [0, 0.1) is 13.8 Å². The van der Waals surface area contributed by atoms with E-state index in [1.165, 1.54) is 11.8 Å². The third-order valence-corrected chi connectivity index (χ3v) is 3.12. The second-order valence-electron chi connectivity index (χ2n) is 4.54. The van der Waals surface area contributed by atoms with Gasteiger partial charge in [-0.25, -0.2) is 4.79 Å². The van der Waals surface area contributed by atoms with Gasteiger partial charge in [0.2, 0.25) is 0 Å². The van der Waals surface area contributed by atoms with Crippen LogP contribution in [-0.2, 0) is 11.8 Å². The lowest BCUT2D eigenvalue weighted by Crippen LogP contribution is -2.04. The van der Waals surface area contributed by atoms with Gasteiger partial charge in [0.25, 0.3) is 0 Å². The lowest BCUT2D eigenvalue weighted by atomic mass is 9.98. The lowest BCUT2D eigenvalue weighted by Gasteiger charge is -2.08. The molecule has 1 aromatic carbocycles. The molecule has 0 amide bonds. The van der Waals surface area contributed by atoms with Crippen molar-refractivity contribution in [1.29, 1.82) is 0 Å². The number of nitrogens with two attached hydrogens (primary N) is 1.